The first-order valence-electron chi connectivity index (χ1n) is 2.89. The first-order valence-corrected chi connectivity index (χ1v) is 3.70. The van der Waals surface area contributed by atoms with Crippen molar-refractivity contribution in [2.24, 2.45) is 0 Å². The molecule has 4 nitrogen and oxygen atoms in total. The highest BCUT2D eigenvalue weighted by Crippen LogP contribution is 2.05. The third-order valence-electron chi connectivity index (χ3n) is 1.30. The van der Waals surface area contributed by atoms with E-state index in [1.165, 1.54) is 3.97 Å². The predicted octanol–water partition coefficient (Wildman–Crippen LogP) is 1.18. The zero-order valence-electron chi connectivity index (χ0n) is 5.35. The van der Waals surface area contributed by atoms with Crippen molar-refractivity contribution in [3.63, 3.8) is 0 Å². The molecular formula is C5H4N4S2. The summed E-state index contributed by atoms with van der Waals surface area (Å²) in [6.07, 6.45) is 3.31. The van der Waals surface area contributed by atoms with Gasteiger partial charge in [-0.1, -0.05) is 12.8 Å². The van der Waals surface area contributed by atoms with Gasteiger partial charge in [0.1, 0.15) is 5.52 Å². The van der Waals surface area contributed by atoms with Crippen molar-refractivity contribution in [2.45, 2.75) is 0 Å². The molecule has 2 rings (SSSR count). The van der Waals surface area contributed by atoms with E-state index in [0.717, 1.165) is 5.52 Å². The molecular weight excluding hydrogens is 180 g/mol. The number of nitrogens with one attached hydrogen (secondary N) is 1. The molecule has 2 aromatic rings. The molecule has 0 bridgehead atoms. The predicted molar refractivity (Wildman–Crippen MR) is 47.1 cm³/mol. The van der Waals surface area contributed by atoms with Crippen molar-refractivity contribution in [3.05, 3.63) is 17.3 Å². The molecule has 0 aromatic carbocycles. The first-order chi connectivity index (χ1) is 5.27. The number of thiol groups is 1. The Kier molecular flexibility index (Phi) is 1.43. The summed E-state index contributed by atoms with van der Waals surface area (Å²) in [6, 6.07) is 0. The van der Waals surface area contributed by atoms with E-state index in [9.17, 15) is 0 Å². The summed E-state index contributed by atoms with van der Waals surface area (Å²) in [4.78, 5) is 10.8. The van der Waals surface area contributed by atoms with Crippen molar-refractivity contribution >= 4 is 36.2 Å². The van der Waals surface area contributed by atoms with Crippen molar-refractivity contribution in [1.29, 1.82) is 0 Å². The summed E-state index contributed by atoms with van der Waals surface area (Å²) in [5.74, 6) is 0. The van der Waals surface area contributed by atoms with Gasteiger partial charge in [-0.3, -0.25) is 3.97 Å². The van der Waals surface area contributed by atoms with Crippen LogP contribution < -0.4 is 0 Å². The van der Waals surface area contributed by atoms with Crippen LogP contribution >= 0.6 is 25.0 Å². The fourth-order valence-corrected chi connectivity index (χ4v) is 1.10. The van der Waals surface area contributed by atoms with Crippen LogP contribution in [-0.4, -0.2) is 18.9 Å². The van der Waals surface area contributed by atoms with E-state index in [-0.39, 0.29) is 0 Å². The van der Waals surface area contributed by atoms with E-state index in [2.05, 4.69) is 27.8 Å². The summed E-state index contributed by atoms with van der Waals surface area (Å²) in [6.45, 7) is 0. The third kappa shape index (κ3) is 1.04. The number of aromatic nitrogens is 4. The van der Waals surface area contributed by atoms with E-state index >= 15 is 0 Å². The minimum Gasteiger partial charge on any atom is -0.342 e. The van der Waals surface area contributed by atoms with Crippen molar-refractivity contribution < 1.29 is 0 Å². The van der Waals surface area contributed by atoms with Crippen LogP contribution in [0, 0.1) is 4.77 Å². The smallest absolute Gasteiger partial charge is 0.211 e. The molecule has 0 radical (unpaired) electrons. The number of fused-ring (bicyclic) bond motifs is 1. The van der Waals surface area contributed by atoms with Crippen LogP contribution in [0.25, 0.3) is 11.2 Å². The number of imidazole rings is 1. The van der Waals surface area contributed by atoms with Crippen LogP contribution in [0.2, 0.25) is 0 Å². The minimum atomic E-state index is 0.410. The fourth-order valence-electron chi connectivity index (χ4n) is 0.800. The molecule has 0 unspecified atom stereocenters. The van der Waals surface area contributed by atoms with Gasteiger partial charge in [0.25, 0.3) is 0 Å². The molecule has 0 aliphatic rings. The molecule has 6 heteroatoms. The lowest BCUT2D eigenvalue weighted by Crippen LogP contribution is -1.89. The lowest BCUT2D eigenvalue weighted by atomic mass is 10.6. The number of hydrogen-bond acceptors (Lipinski definition) is 4. The molecule has 0 saturated carbocycles. The van der Waals surface area contributed by atoms with Gasteiger partial charge in [0.15, 0.2) is 5.65 Å². The molecule has 56 valence electrons. The molecule has 0 saturated heterocycles. The Hall–Kier alpha value is -0.880. The highest BCUT2D eigenvalue weighted by molar-refractivity contribution is 7.79. The molecule has 11 heavy (non-hydrogen) atoms. The second-order valence-electron chi connectivity index (χ2n) is 2.01. The molecule has 2 heterocycles. The average molecular weight is 184 g/mol. The van der Waals surface area contributed by atoms with Crippen LogP contribution in [0.15, 0.2) is 12.5 Å². The number of aromatic amines is 1. The average Bonchev–Trinajstić information content (AvgIpc) is 2.36. The van der Waals surface area contributed by atoms with Gasteiger partial charge in [0.2, 0.25) is 4.77 Å². The molecule has 0 aliphatic carbocycles. The Labute approximate surface area is 72.8 Å². The van der Waals surface area contributed by atoms with E-state index < -0.39 is 0 Å². The zero-order valence-corrected chi connectivity index (χ0v) is 7.06. The monoisotopic (exact) mass is 184 g/mol. The van der Waals surface area contributed by atoms with Crippen LogP contribution in [0.1, 0.15) is 0 Å². The molecule has 0 amide bonds. The van der Waals surface area contributed by atoms with E-state index in [1.54, 1.807) is 12.5 Å². The topological polar surface area (TPSA) is 46.5 Å². The van der Waals surface area contributed by atoms with Gasteiger partial charge < -0.3 is 4.98 Å². The minimum absolute atomic E-state index is 0.410. The van der Waals surface area contributed by atoms with Gasteiger partial charge >= 0.3 is 0 Å². The molecule has 1 N–H and O–H groups in total. The maximum atomic E-state index is 4.87. The molecule has 0 atom stereocenters. The van der Waals surface area contributed by atoms with E-state index in [0.29, 0.717) is 10.4 Å². The van der Waals surface area contributed by atoms with Crippen molar-refractivity contribution in [1.82, 2.24) is 18.9 Å². The Morgan fingerprint density at radius 3 is 3.27 bits per heavy atom. The summed E-state index contributed by atoms with van der Waals surface area (Å²) < 4.78 is 1.88. The van der Waals surface area contributed by atoms with Gasteiger partial charge in [0, 0.05) is 6.20 Å². The van der Waals surface area contributed by atoms with Crippen LogP contribution in [0.5, 0.6) is 0 Å². The van der Waals surface area contributed by atoms with Crippen molar-refractivity contribution in [2.75, 3.05) is 0 Å². The largest absolute Gasteiger partial charge is 0.342 e. The van der Waals surface area contributed by atoms with Gasteiger partial charge in [0.05, 0.1) is 6.33 Å². The quantitative estimate of drug-likeness (QED) is 0.477. The van der Waals surface area contributed by atoms with Crippen LogP contribution in [0.3, 0.4) is 0 Å². The molecule has 2 aromatic heterocycles. The highest BCUT2D eigenvalue weighted by atomic mass is 32.1. The first kappa shape index (κ1) is 6.81. The highest BCUT2D eigenvalue weighted by Gasteiger charge is 1.96. The number of hydrogen-bond donors (Lipinski definition) is 2. The molecule has 0 spiro atoms. The summed E-state index contributed by atoms with van der Waals surface area (Å²) in [5.41, 5.74) is 1.45. The maximum Gasteiger partial charge on any atom is 0.211 e. The van der Waals surface area contributed by atoms with Gasteiger partial charge in [-0.25, -0.2) is 4.98 Å². The Bertz CT molecular complexity index is 443. The Morgan fingerprint density at radius 2 is 2.45 bits per heavy atom. The van der Waals surface area contributed by atoms with E-state index in [1.807, 2.05) is 0 Å². The Balaban J connectivity index is 2.97. The number of H-pyrrole nitrogens is 1. The second kappa shape index (κ2) is 2.31. The zero-order chi connectivity index (χ0) is 7.84. The summed E-state index contributed by atoms with van der Waals surface area (Å²) >= 11 is 8.92. The van der Waals surface area contributed by atoms with Crippen LogP contribution in [-0.2, 0) is 0 Å². The van der Waals surface area contributed by atoms with Crippen LogP contribution in [0.4, 0.5) is 0 Å². The number of nitrogens with zero attached hydrogens (tertiary/aromatic N) is 3. The SMILES string of the molecule is S=c1nc2nc[nH]c2cn1S. The maximum absolute atomic E-state index is 4.87. The third-order valence-corrected chi connectivity index (χ3v) is 2.02. The molecule has 0 fully saturated rings. The normalized spacial score (nSPS) is 10.6. The summed E-state index contributed by atoms with van der Waals surface area (Å²) in [5, 5.41) is 0. The standard InChI is InChI=1S/C5H4N4S2/c10-5-8-4-3(1-9(5)11)6-2-7-4/h1-2,11H,(H,6,7,8,10). The van der Waals surface area contributed by atoms with Gasteiger partial charge in [-0.2, -0.15) is 4.98 Å². The molecule has 0 aliphatic heterocycles. The second-order valence-corrected chi connectivity index (χ2v) is 2.80. The Morgan fingerprint density at radius 1 is 1.64 bits per heavy atom. The lowest BCUT2D eigenvalue weighted by Gasteiger charge is -1.93. The fraction of sp³-hybridized carbons (Fsp3) is 0. The van der Waals surface area contributed by atoms with Gasteiger partial charge in [-0.15, -0.1) is 0 Å². The lowest BCUT2D eigenvalue weighted by molar-refractivity contribution is 1.11. The van der Waals surface area contributed by atoms with Crippen molar-refractivity contribution in [3.8, 4) is 0 Å². The van der Waals surface area contributed by atoms with Gasteiger partial charge in [-0.05, 0) is 12.2 Å². The summed E-state index contributed by atoms with van der Waals surface area (Å²) in [7, 11) is 0. The van der Waals surface area contributed by atoms with E-state index in [4.69, 9.17) is 12.2 Å². The number of rotatable bonds is 0.